The highest BCUT2D eigenvalue weighted by Crippen LogP contribution is 2.38. The number of nitrogens with one attached hydrogen (secondary N) is 2. The summed E-state index contributed by atoms with van der Waals surface area (Å²) in [5.74, 6) is 1.10. The zero-order valence-electron chi connectivity index (χ0n) is 25.6. The number of fused-ring (bicyclic) bond motifs is 1. The number of aryl methyl sites for hydroxylation is 2. The molecule has 1 aromatic heterocycles. The number of halogens is 1. The molecule has 228 valence electrons. The molecule has 45 heavy (non-hydrogen) atoms. The summed E-state index contributed by atoms with van der Waals surface area (Å²) >= 11 is 1.34. The predicted molar refractivity (Wildman–Crippen MR) is 177 cm³/mol. The highest BCUT2D eigenvalue weighted by atomic mass is 32.2. The molecular weight excluding hydrogens is 585 g/mol. The summed E-state index contributed by atoms with van der Waals surface area (Å²) in [4.78, 5) is 18.7. The van der Waals surface area contributed by atoms with Crippen molar-refractivity contribution in [1.82, 2.24) is 14.8 Å². The smallest absolute Gasteiger partial charge is 0.255 e. The summed E-state index contributed by atoms with van der Waals surface area (Å²) < 4.78 is 22.1. The van der Waals surface area contributed by atoms with Gasteiger partial charge in [0.1, 0.15) is 24.2 Å². The zero-order chi connectivity index (χ0) is 31.5. The summed E-state index contributed by atoms with van der Waals surface area (Å²) in [6, 6.07) is 27.9. The van der Waals surface area contributed by atoms with E-state index in [1.807, 2.05) is 81.4 Å². The third-order valence-electron chi connectivity index (χ3n) is 7.93. The lowest BCUT2D eigenvalue weighted by atomic mass is 9.94. The van der Waals surface area contributed by atoms with Gasteiger partial charge in [-0.25, -0.2) is 9.07 Å². The fourth-order valence-electron chi connectivity index (χ4n) is 5.34. The second-order valence-electron chi connectivity index (χ2n) is 11.2. The summed E-state index contributed by atoms with van der Waals surface area (Å²) in [5.41, 5.74) is 7.74. The summed E-state index contributed by atoms with van der Waals surface area (Å²) in [6.07, 6.45) is 0. The maximum atomic E-state index is 14.3. The number of hydrogen-bond acceptors (Lipinski definition) is 6. The van der Waals surface area contributed by atoms with E-state index in [0.717, 1.165) is 33.7 Å². The van der Waals surface area contributed by atoms with E-state index in [0.29, 0.717) is 40.3 Å². The topological polar surface area (TPSA) is 81.1 Å². The van der Waals surface area contributed by atoms with E-state index in [2.05, 4.69) is 29.7 Å². The normalized spacial score (nSPS) is 14.1. The second kappa shape index (κ2) is 13.0. The molecule has 4 aromatic carbocycles. The first kappa shape index (κ1) is 30.1. The summed E-state index contributed by atoms with van der Waals surface area (Å²) in [6.45, 7) is 8.39. The maximum Gasteiger partial charge on any atom is 0.255 e. The number of rotatable bonds is 9. The van der Waals surface area contributed by atoms with Gasteiger partial charge in [0.15, 0.2) is 0 Å². The molecule has 1 amide bonds. The van der Waals surface area contributed by atoms with Crippen LogP contribution >= 0.6 is 11.8 Å². The van der Waals surface area contributed by atoms with Crippen LogP contribution in [0.25, 0.3) is 0 Å². The average molecular weight is 620 g/mol. The largest absolute Gasteiger partial charge is 0.489 e. The van der Waals surface area contributed by atoms with E-state index in [1.165, 1.54) is 23.4 Å². The molecule has 2 heterocycles. The minimum atomic E-state index is -0.563. The third kappa shape index (κ3) is 6.63. The van der Waals surface area contributed by atoms with Crippen molar-refractivity contribution in [1.29, 1.82) is 0 Å². The average Bonchev–Trinajstić information content (AvgIpc) is 3.44. The Morgan fingerprint density at radius 2 is 1.76 bits per heavy atom. The van der Waals surface area contributed by atoms with E-state index >= 15 is 0 Å². The Morgan fingerprint density at radius 1 is 0.978 bits per heavy atom. The van der Waals surface area contributed by atoms with Gasteiger partial charge in [-0.05, 0) is 79.8 Å². The number of ether oxygens (including phenoxy) is 1. The van der Waals surface area contributed by atoms with E-state index in [4.69, 9.17) is 14.8 Å². The van der Waals surface area contributed by atoms with Gasteiger partial charge in [-0.3, -0.25) is 4.79 Å². The highest BCUT2D eigenvalue weighted by molar-refractivity contribution is 7.98. The molecule has 0 saturated carbocycles. The van der Waals surface area contributed by atoms with E-state index < -0.39 is 6.04 Å². The minimum absolute atomic E-state index is 0.236. The van der Waals surface area contributed by atoms with Gasteiger partial charge in [0, 0.05) is 17.1 Å². The van der Waals surface area contributed by atoms with Gasteiger partial charge in [0.25, 0.3) is 5.91 Å². The Bertz CT molecular complexity index is 1900. The SMILES string of the molecule is CC1=C(C(=O)Nc2cccc(C)c2C)C(c2ccc(OCc3cccc(C)c3)cc2)n2nc(SCc3ccccc3F)nc2N1. The fraction of sp³-hybridized carbons (Fsp3) is 0.194. The lowest BCUT2D eigenvalue weighted by Gasteiger charge is -2.29. The molecule has 1 aliphatic heterocycles. The molecule has 5 aromatic rings. The number of carbonyl (C=O) groups is 1. The number of anilines is 2. The Labute approximate surface area is 266 Å². The third-order valence-corrected chi connectivity index (χ3v) is 8.82. The molecule has 0 radical (unpaired) electrons. The summed E-state index contributed by atoms with van der Waals surface area (Å²) in [5, 5.41) is 11.7. The number of allylic oxidation sites excluding steroid dienone is 1. The van der Waals surface area contributed by atoms with Crippen molar-refractivity contribution in [3.63, 3.8) is 0 Å². The first-order valence-electron chi connectivity index (χ1n) is 14.7. The van der Waals surface area contributed by atoms with Crippen molar-refractivity contribution in [2.75, 3.05) is 10.6 Å². The number of nitrogens with zero attached hydrogens (tertiary/aromatic N) is 3. The number of hydrogen-bond donors (Lipinski definition) is 2. The van der Waals surface area contributed by atoms with Crippen molar-refractivity contribution < 1.29 is 13.9 Å². The summed E-state index contributed by atoms with van der Waals surface area (Å²) in [7, 11) is 0. The molecule has 7 nitrogen and oxygen atoms in total. The van der Waals surface area contributed by atoms with Crippen LogP contribution in [0.5, 0.6) is 5.75 Å². The molecule has 0 aliphatic carbocycles. The van der Waals surface area contributed by atoms with Crippen LogP contribution in [-0.4, -0.2) is 20.7 Å². The first-order valence-corrected chi connectivity index (χ1v) is 15.7. The molecule has 0 fully saturated rings. The van der Waals surface area contributed by atoms with Crippen LogP contribution in [0.1, 0.15) is 46.3 Å². The van der Waals surface area contributed by atoms with Gasteiger partial charge < -0.3 is 15.4 Å². The van der Waals surface area contributed by atoms with Gasteiger partial charge in [-0.1, -0.05) is 84.1 Å². The highest BCUT2D eigenvalue weighted by Gasteiger charge is 2.34. The van der Waals surface area contributed by atoms with Crippen LogP contribution in [0.15, 0.2) is 107 Å². The van der Waals surface area contributed by atoms with Crippen LogP contribution in [0.4, 0.5) is 16.0 Å². The van der Waals surface area contributed by atoms with Crippen LogP contribution < -0.4 is 15.4 Å². The van der Waals surface area contributed by atoms with Crippen molar-refractivity contribution >= 4 is 29.3 Å². The fourth-order valence-corrected chi connectivity index (χ4v) is 6.16. The number of aromatic nitrogens is 3. The molecule has 1 atom stereocenters. The Balaban J connectivity index is 1.31. The van der Waals surface area contributed by atoms with Crippen molar-refractivity contribution in [3.05, 3.63) is 141 Å². The van der Waals surface area contributed by atoms with Crippen LogP contribution in [-0.2, 0) is 17.2 Å². The second-order valence-corrected chi connectivity index (χ2v) is 12.1. The Hall–Kier alpha value is -4.89. The van der Waals surface area contributed by atoms with Crippen molar-refractivity contribution in [2.24, 2.45) is 0 Å². The molecule has 1 unspecified atom stereocenters. The number of amides is 1. The molecule has 0 bridgehead atoms. The standard InChI is InChI=1S/C36H34FN5O2S/c1-22-9-7-11-26(19-22)20-44-29-17-15-27(16-18-29)33-32(34(43)39-31-14-8-10-23(2)24(31)3)25(4)38-35-40-36(41-42(33)35)45-21-28-12-5-6-13-30(28)37/h5-19,33H,20-21H2,1-4H3,(H,39,43)(H,38,40,41). The molecule has 1 aliphatic rings. The lowest BCUT2D eigenvalue weighted by molar-refractivity contribution is -0.113. The Morgan fingerprint density at radius 3 is 2.53 bits per heavy atom. The van der Waals surface area contributed by atoms with Crippen molar-refractivity contribution in [2.45, 2.75) is 51.3 Å². The van der Waals surface area contributed by atoms with Crippen LogP contribution in [0, 0.1) is 26.6 Å². The quantitative estimate of drug-likeness (QED) is 0.162. The predicted octanol–water partition coefficient (Wildman–Crippen LogP) is 8.14. The lowest BCUT2D eigenvalue weighted by Crippen LogP contribution is -2.31. The Kier molecular flexibility index (Phi) is 8.71. The molecule has 6 rings (SSSR count). The molecule has 0 spiro atoms. The van der Waals surface area contributed by atoms with Crippen LogP contribution in [0.3, 0.4) is 0 Å². The monoisotopic (exact) mass is 619 g/mol. The van der Waals surface area contributed by atoms with E-state index in [9.17, 15) is 9.18 Å². The number of thioether (sulfide) groups is 1. The zero-order valence-corrected chi connectivity index (χ0v) is 26.4. The van der Waals surface area contributed by atoms with Gasteiger partial charge >= 0.3 is 0 Å². The van der Waals surface area contributed by atoms with E-state index in [1.54, 1.807) is 16.8 Å². The molecular formula is C36H34FN5O2S. The number of benzene rings is 4. The van der Waals surface area contributed by atoms with Gasteiger partial charge in [-0.15, -0.1) is 5.10 Å². The maximum absolute atomic E-state index is 14.3. The minimum Gasteiger partial charge on any atom is -0.489 e. The van der Waals surface area contributed by atoms with Gasteiger partial charge in [-0.2, -0.15) is 4.98 Å². The van der Waals surface area contributed by atoms with Crippen LogP contribution in [0.2, 0.25) is 0 Å². The van der Waals surface area contributed by atoms with Gasteiger partial charge in [0.05, 0.1) is 5.57 Å². The number of carbonyl (C=O) groups excluding carboxylic acids is 1. The molecule has 2 N–H and O–H groups in total. The van der Waals surface area contributed by atoms with E-state index in [-0.39, 0.29) is 11.7 Å². The van der Waals surface area contributed by atoms with Crippen molar-refractivity contribution in [3.8, 4) is 5.75 Å². The first-order chi connectivity index (χ1) is 21.8. The molecule has 9 heteroatoms. The molecule has 0 saturated heterocycles. The van der Waals surface area contributed by atoms with Gasteiger partial charge in [0.2, 0.25) is 11.1 Å².